The van der Waals surface area contributed by atoms with E-state index in [2.05, 4.69) is 4.98 Å². The van der Waals surface area contributed by atoms with Gasteiger partial charge in [-0.2, -0.15) is 18.2 Å². The fourth-order valence-corrected chi connectivity index (χ4v) is 4.35. The number of carbonyl (C=O) groups excluding carboxylic acids is 1. The van der Waals surface area contributed by atoms with Crippen molar-refractivity contribution in [3.05, 3.63) is 113 Å². The number of anilines is 1. The van der Waals surface area contributed by atoms with Gasteiger partial charge in [-0.1, -0.05) is 36.4 Å². The molecule has 0 atom stereocenters. The van der Waals surface area contributed by atoms with Crippen LogP contribution >= 0.6 is 0 Å². The second-order valence-electron chi connectivity index (χ2n) is 9.21. The molecule has 0 saturated heterocycles. The van der Waals surface area contributed by atoms with Crippen LogP contribution in [0.4, 0.5) is 23.5 Å². The van der Waals surface area contributed by atoms with Gasteiger partial charge >= 0.3 is 6.18 Å². The van der Waals surface area contributed by atoms with Crippen molar-refractivity contribution in [2.24, 2.45) is 0 Å². The van der Waals surface area contributed by atoms with E-state index < -0.39 is 23.5 Å². The maximum absolute atomic E-state index is 13.5. The molecule has 4 aromatic rings. The van der Waals surface area contributed by atoms with Crippen molar-refractivity contribution in [2.45, 2.75) is 25.7 Å². The van der Waals surface area contributed by atoms with Crippen molar-refractivity contribution in [1.82, 2.24) is 14.9 Å². The Labute approximate surface area is 222 Å². The van der Waals surface area contributed by atoms with E-state index in [9.17, 15) is 22.4 Å². The minimum Gasteiger partial charge on any atom is -0.438 e. The minimum absolute atomic E-state index is 0.0453. The lowest BCUT2D eigenvalue weighted by Crippen LogP contribution is -2.37. The van der Waals surface area contributed by atoms with Gasteiger partial charge in [0.1, 0.15) is 11.6 Å². The Morgan fingerprint density at radius 1 is 1.00 bits per heavy atom. The zero-order chi connectivity index (χ0) is 27.6. The summed E-state index contributed by atoms with van der Waals surface area (Å²) in [5.41, 5.74) is 1.32. The molecule has 1 amide bonds. The molecule has 0 bridgehead atoms. The number of fused-ring (bicyclic) bond motifs is 1. The summed E-state index contributed by atoms with van der Waals surface area (Å²) in [4.78, 5) is 25.9. The van der Waals surface area contributed by atoms with Crippen LogP contribution in [0.25, 0.3) is 0 Å². The van der Waals surface area contributed by atoms with Gasteiger partial charge in [0.2, 0.25) is 11.8 Å². The molecular formula is C29H24F4N4O2. The van der Waals surface area contributed by atoms with Crippen molar-refractivity contribution in [2.75, 3.05) is 18.5 Å². The van der Waals surface area contributed by atoms with Gasteiger partial charge in [-0.05, 0) is 48.0 Å². The molecule has 6 nitrogen and oxygen atoms in total. The highest BCUT2D eigenvalue weighted by Gasteiger charge is 2.32. The largest absolute Gasteiger partial charge is 0.438 e. The molecule has 0 aliphatic carbocycles. The van der Waals surface area contributed by atoms with E-state index in [0.717, 1.165) is 17.7 Å². The van der Waals surface area contributed by atoms with E-state index in [4.69, 9.17) is 9.72 Å². The van der Waals surface area contributed by atoms with E-state index in [1.54, 1.807) is 0 Å². The molecule has 200 valence electrons. The summed E-state index contributed by atoms with van der Waals surface area (Å²) in [6.45, 7) is 0.844. The summed E-state index contributed by atoms with van der Waals surface area (Å²) in [6.07, 6.45) is -4.20. The summed E-state index contributed by atoms with van der Waals surface area (Å²) < 4.78 is 59.1. The number of benzene rings is 3. The summed E-state index contributed by atoms with van der Waals surface area (Å²) >= 11 is 0. The quantitative estimate of drug-likeness (QED) is 0.272. The number of aromatic nitrogens is 2. The molecule has 0 radical (unpaired) electrons. The molecule has 39 heavy (non-hydrogen) atoms. The molecule has 1 aliphatic heterocycles. The van der Waals surface area contributed by atoms with Gasteiger partial charge in [-0.15, -0.1) is 0 Å². The highest BCUT2D eigenvalue weighted by atomic mass is 19.4. The fourth-order valence-electron chi connectivity index (χ4n) is 4.35. The molecule has 1 aliphatic rings. The molecule has 0 saturated carbocycles. The maximum Gasteiger partial charge on any atom is 0.416 e. The van der Waals surface area contributed by atoms with Crippen LogP contribution in [0.2, 0.25) is 0 Å². The molecule has 5 rings (SSSR count). The van der Waals surface area contributed by atoms with E-state index in [1.165, 1.54) is 41.3 Å². The first-order valence-corrected chi connectivity index (χ1v) is 12.2. The van der Waals surface area contributed by atoms with Gasteiger partial charge < -0.3 is 14.5 Å². The Morgan fingerprint density at radius 3 is 2.46 bits per heavy atom. The maximum atomic E-state index is 13.5. The second-order valence-corrected chi connectivity index (χ2v) is 9.21. The standard InChI is InChI=1S/C29H24F4N4O2/c1-36(17-19-6-3-2-4-7-19)28-34-25-14-15-37(27(38)20-8-5-9-21(16-20)29(31,32)33)18-24(25)26(35-28)39-23-12-10-22(30)11-13-23/h2-13,16H,14-15,17-18H2,1H3. The van der Waals surface area contributed by atoms with Crippen LogP contribution in [0, 0.1) is 5.82 Å². The topological polar surface area (TPSA) is 58.6 Å². The van der Waals surface area contributed by atoms with E-state index in [1.807, 2.05) is 42.3 Å². The molecule has 0 N–H and O–H groups in total. The predicted octanol–water partition coefficient (Wildman–Crippen LogP) is 6.26. The Balaban J connectivity index is 1.46. The summed E-state index contributed by atoms with van der Waals surface area (Å²) in [5.74, 6) is -0.0105. The van der Waals surface area contributed by atoms with Crippen LogP contribution in [0.15, 0.2) is 78.9 Å². The first kappa shape index (κ1) is 26.1. The van der Waals surface area contributed by atoms with Gasteiger partial charge in [-0.3, -0.25) is 4.79 Å². The van der Waals surface area contributed by atoms with Gasteiger partial charge in [-0.25, -0.2) is 9.37 Å². The van der Waals surface area contributed by atoms with Gasteiger partial charge in [0.15, 0.2) is 0 Å². The third-order valence-corrected chi connectivity index (χ3v) is 6.37. The Morgan fingerprint density at radius 2 is 1.74 bits per heavy atom. The number of hydrogen-bond donors (Lipinski definition) is 0. The number of alkyl halides is 3. The normalized spacial score (nSPS) is 13.1. The van der Waals surface area contributed by atoms with Crippen molar-refractivity contribution in [1.29, 1.82) is 0 Å². The first-order chi connectivity index (χ1) is 18.7. The zero-order valence-corrected chi connectivity index (χ0v) is 21.0. The van der Waals surface area contributed by atoms with Crippen LogP contribution < -0.4 is 9.64 Å². The third-order valence-electron chi connectivity index (χ3n) is 6.37. The van der Waals surface area contributed by atoms with E-state index in [0.29, 0.717) is 35.9 Å². The highest BCUT2D eigenvalue weighted by molar-refractivity contribution is 5.94. The van der Waals surface area contributed by atoms with Crippen LogP contribution in [-0.4, -0.2) is 34.4 Å². The van der Waals surface area contributed by atoms with Gasteiger partial charge in [0, 0.05) is 32.1 Å². The Hall–Kier alpha value is -4.47. The Bertz CT molecular complexity index is 1480. The van der Waals surface area contributed by atoms with Gasteiger partial charge in [0.05, 0.1) is 23.4 Å². The van der Waals surface area contributed by atoms with E-state index >= 15 is 0 Å². The molecule has 0 fully saturated rings. The number of ether oxygens (including phenoxy) is 1. The molecule has 3 aromatic carbocycles. The molecule has 0 spiro atoms. The predicted molar refractivity (Wildman–Crippen MR) is 137 cm³/mol. The molecule has 1 aromatic heterocycles. The van der Waals surface area contributed by atoms with Gasteiger partial charge in [0.25, 0.3) is 5.91 Å². The summed E-state index contributed by atoms with van der Waals surface area (Å²) in [6, 6.07) is 19.6. The lowest BCUT2D eigenvalue weighted by molar-refractivity contribution is -0.137. The van der Waals surface area contributed by atoms with Crippen molar-refractivity contribution in [3.63, 3.8) is 0 Å². The first-order valence-electron chi connectivity index (χ1n) is 12.2. The SMILES string of the molecule is CN(Cc1ccccc1)c1nc2c(c(Oc3ccc(F)cc3)n1)CN(C(=O)c1cccc(C(F)(F)F)c1)CC2. The van der Waals surface area contributed by atoms with Crippen LogP contribution in [0.1, 0.15) is 32.7 Å². The highest BCUT2D eigenvalue weighted by Crippen LogP contribution is 2.33. The lowest BCUT2D eigenvalue weighted by atomic mass is 10.0. The number of carbonyl (C=O) groups is 1. The van der Waals surface area contributed by atoms with Crippen molar-refractivity contribution in [3.8, 4) is 11.6 Å². The molecule has 2 heterocycles. The van der Waals surface area contributed by atoms with Crippen molar-refractivity contribution < 1.29 is 27.1 Å². The summed E-state index contributed by atoms with van der Waals surface area (Å²) in [5, 5.41) is 0. The fraction of sp³-hybridized carbons (Fsp3) is 0.207. The Kier molecular flexibility index (Phi) is 7.19. The number of rotatable bonds is 6. The smallest absolute Gasteiger partial charge is 0.416 e. The number of halogens is 4. The van der Waals surface area contributed by atoms with Crippen LogP contribution in [0.3, 0.4) is 0 Å². The molecule has 0 unspecified atom stereocenters. The van der Waals surface area contributed by atoms with Crippen molar-refractivity contribution >= 4 is 11.9 Å². The average molecular weight is 537 g/mol. The minimum atomic E-state index is -4.56. The lowest BCUT2D eigenvalue weighted by Gasteiger charge is -2.30. The summed E-state index contributed by atoms with van der Waals surface area (Å²) in [7, 11) is 1.85. The average Bonchev–Trinajstić information content (AvgIpc) is 2.93. The molecule has 10 heteroatoms. The van der Waals surface area contributed by atoms with E-state index in [-0.39, 0.29) is 24.5 Å². The number of hydrogen-bond acceptors (Lipinski definition) is 5. The number of amides is 1. The third kappa shape index (κ3) is 6.00. The zero-order valence-electron chi connectivity index (χ0n) is 21.0. The van der Waals surface area contributed by atoms with Crippen LogP contribution in [-0.2, 0) is 25.7 Å². The van der Waals surface area contributed by atoms with Crippen LogP contribution in [0.5, 0.6) is 11.6 Å². The second kappa shape index (κ2) is 10.7. The number of nitrogens with zero attached hydrogens (tertiary/aromatic N) is 4. The molecular weight excluding hydrogens is 512 g/mol. The monoisotopic (exact) mass is 536 g/mol.